The number of ether oxygens (including phenoxy) is 3. The van der Waals surface area contributed by atoms with Crippen molar-refractivity contribution in [2.24, 2.45) is 0 Å². The molecule has 0 bridgehead atoms. The van der Waals surface area contributed by atoms with Gasteiger partial charge in [0.2, 0.25) is 0 Å². The van der Waals surface area contributed by atoms with Crippen molar-refractivity contribution in [3.05, 3.63) is 146 Å². The Kier molecular flexibility index (Phi) is 53.6. The predicted molar refractivity (Wildman–Crippen MR) is 297 cm³/mol. The summed E-state index contributed by atoms with van der Waals surface area (Å²) in [7, 11) is 0. The molecule has 0 saturated carbocycles. The highest BCUT2D eigenvalue weighted by molar-refractivity contribution is 5.71. The first-order valence-electron chi connectivity index (χ1n) is 27.4. The van der Waals surface area contributed by atoms with Gasteiger partial charge in [-0.25, -0.2) is 0 Å². The van der Waals surface area contributed by atoms with Crippen molar-refractivity contribution in [3.8, 4) is 0 Å². The van der Waals surface area contributed by atoms with Crippen LogP contribution in [0.1, 0.15) is 213 Å². The van der Waals surface area contributed by atoms with Crippen LogP contribution in [-0.4, -0.2) is 37.9 Å². The summed E-state index contributed by atoms with van der Waals surface area (Å²) in [4.78, 5) is 25.4. The van der Waals surface area contributed by atoms with Crippen molar-refractivity contribution in [1.29, 1.82) is 0 Å². The Morgan fingerprint density at radius 2 is 0.662 bits per heavy atom. The zero-order chi connectivity index (χ0) is 49.2. The normalized spacial score (nSPS) is 13.4. The fourth-order valence-corrected chi connectivity index (χ4v) is 6.94. The van der Waals surface area contributed by atoms with Gasteiger partial charge in [0.15, 0.2) is 6.10 Å². The lowest BCUT2D eigenvalue weighted by Gasteiger charge is -2.18. The first-order valence-corrected chi connectivity index (χ1v) is 27.4. The summed E-state index contributed by atoms with van der Waals surface area (Å²) < 4.78 is 17.3. The molecule has 0 saturated heterocycles. The molecule has 0 amide bonds. The van der Waals surface area contributed by atoms with Gasteiger partial charge >= 0.3 is 11.9 Å². The third kappa shape index (κ3) is 54.4. The fraction of sp³-hybridized carbons (Fsp3) is 0.587. The van der Waals surface area contributed by atoms with E-state index in [0.29, 0.717) is 13.0 Å². The van der Waals surface area contributed by atoms with E-state index < -0.39 is 6.10 Å². The minimum Gasteiger partial charge on any atom is -0.462 e. The first kappa shape index (κ1) is 63.8. The summed E-state index contributed by atoms with van der Waals surface area (Å²) in [5, 5.41) is 0. The summed E-state index contributed by atoms with van der Waals surface area (Å²) >= 11 is 0. The summed E-state index contributed by atoms with van der Waals surface area (Å²) in [5.74, 6) is -0.571. The van der Waals surface area contributed by atoms with Crippen molar-refractivity contribution in [3.63, 3.8) is 0 Å². The van der Waals surface area contributed by atoms with E-state index >= 15 is 0 Å². The Hall–Kier alpha value is -4.22. The number of carbonyl (C=O) groups excluding carboxylic acids is 2. The van der Waals surface area contributed by atoms with E-state index in [-0.39, 0.29) is 31.6 Å². The standard InChI is InChI=1S/C63H100O5/c1-4-7-10-13-16-19-22-25-28-30-31-32-34-37-40-43-46-49-52-55-58-66-59-61(68-63(65)57-54-51-48-45-42-39-35-27-24-21-18-15-12-9-6-3)60-67-62(64)56-53-50-47-44-41-38-36-33-29-26-23-20-17-14-11-8-5-2/h7-12,16-21,25-29,31-32,35,42,45,51,54,61H,4-6,13-15,22-24,30,33-34,36-41,43-44,46-50,52-53,55-60H2,1-3H3/b10-7-,11-8-,12-9-,19-16-,20-17-,21-18-,28-25-,29-26-,32-31-,35-27-,45-42-,54-51-. The third-order valence-electron chi connectivity index (χ3n) is 10.9. The summed E-state index contributed by atoms with van der Waals surface area (Å²) in [6.45, 7) is 7.33. The van der Waals surface area contributed by atoms with E-state index in [2.05, 4.69) is 154 Å². The fourth-order valence-electron chi connectivity index (χ4n) is 6.94. The molecule has 0 heterocycles. The van der Waals surface area contributed by atoms with Crippen LogP contribution < -0.4 is 0 Å². The van der Waals surface area contributed by atoms with Crippen molar-refractivity contribution >= 4 is 11.9 Å². The monoisotopic (exact) mass is 937 g/mol. The number of esters is 2. The Morgan fingerprint density at radius 1 is 0.338 bits per heavy atom. The van der Waals surface area contributed by atoms with Crippen LogP contribution in [0.5, 0.6) is 0 Å². The van der Waals surface area contributed by atoms with Crippen LogP contribution in [0.2, 0.25) is 0 Å². The largest absolute Gasteiger partial charge is 0.462 e. The Morgan fingerprint density at radius 3 is 1.06 bits per heavy atom. The minimum absolute atomic E-state index is 0.0260. The third-order valence-corrected chi connectivity index (χ3v) is 10.9. The van der Waals surface area contributed by atoms with Gasteiger partial charge in [-0.05, 0) is 116 Å². The highest BCUT2D eigenvalue weighted by Crippen LogP contribution is 2.13. The van der Waals surface area contributed by atoms with E-state index in [1.165, 1.54) is 57.8 Å². The zero-order valence-corrected chi connectivity index (χ0v) is 43.8. The Balaban J connectivity index is 4.44. The number of rotatable bonds is 48. The average Bonchev–Trinajstić information content (AvgIpc) is 3.34. The van der Waals surface area contributed by atoms with Crippen LogP contribution in [0, 0.1) is 0 Å². The highest BCUT2D eigenvalue weighted by atomic mass is 16.6. The first-order chi connectivity index (χ1) is 33.6. The molecule has 5 heteroatoms. The zero-order valence-electron chi connectivity index (χ0n) is 43.8. The second kappa shape index (κ2) is 57.1. The number of hydrogen-bond donors (Lipinski definition) is 0. The van der Waals surface area contributed by atoms with Gasteiger partial charge in [-0.3, -0.25) is 9.59 Å². The molecular weight excluding hydrogens is 837 g/mol. The van der Waals surface area contributed by atoms with Crippen LogP contribution in [0.4, 0.5) is 0 Å². The van der Waals surface area contributed by atoms with Gasteiger partial charge in [0.25, 0.3) is 0 Å². The van der Waals surface area contributed by atoms with Crippen LogP contribution in [-0.2, 0) is 23.8 Å². The lowest BCUT2D eigenvalue weighted by atomic mass is 10.1. The van der Waals surface area contributed by atoms with Gasteiger partial charge < -0.3 is 14.2 Å². The van der Waals surface area contributed by atoms with E-state index in [1.54, 1.807) is 0 Å². The van der Waals surface area contributed by atoms with Crippen molar-refractivity contribution in [2.75, 3.05) is 19.8 Å². The molecule has 0 spiro atoms. The van der Waals surface area contributed by atoms with Gasteiger partial charge in [0.05, 0.1) is 13.0 Å². The quantitative estimate of drug-likeness (QED) is 0.0346. The average molecular weight is 937 g/mol. The van der Waals surface area contributed by atoms with Crippen LogP contribution in [0.3, 0.4) is 0 Å². The van der Waals surface area contributed by atoms with Gasteiger partial charge in [-0.15, -0.1) is 0 Å². The van der Waals surface area contributed by atoms with Gasteiger partial charge in [0, 0.05) is 13.0 Å². The van der Waals surface area contributed by atoms with E-state index in [0.717, 1.165) is 122 Å². The van der Waals surface area contributed by atoms with Gasteiger partial charge in [-0.2, -0.15) is 0 Å². The molecule has 382 valence electrons. The highest BCUT2D eigenvalue weighted by Gasteiger charge is 2.17. The molecule has 0 fully saturated rings. The number of hydrogen-bond acceptors (Lipinski definition) is 5. The number of unbranched alkanes of at least 4 members (excludes halogenated alkanes) is 14. The van der Waals surface area contributed by atoms with Crippen LogP contribution in [0.15, 0.2) is 146 Å². The molecule has 68 heavy (non-hydrogen) atoms. The minimum atomic E-state index is -0.612. The maximum Gasteiger partial charge on any atom is 0.310 e. The van der Waals surface area contributed by atoms with E-state index in [1.807, 2.05) is 12.2 Å². The lowest BCUT2D eigenvalue weighted by molar-refractivity contribution is -0.162. The SMILES string of the molecule is CC/C=C\C/C=C\C/C=C\C/C=C\C/C=C\CC(=O)OC(COCCCCCCCCC/C=C\C/C=C\C/C=C\C/C=C\CC)COC(=O)CCCCCCCCC/C=C\C/C=C\C/C=C\CC. The number of carbonyl (C=O) groups is 2. The van der Waals surface area contributed by atoms with Crippen molar-refractivity contribution in [2.45, 2.75) is 219 Å². The lowest BCUT2D eigenvalue weighted by Crippen LogP contribution is -2.29. The van der Waals surface area contributed by atoms with Gasteiger partial charge in [0.1, 0.15) is 6.61 Å². The molecule has 0 aromatic rings. The summed E-state index contributed by atoms with van der Waals surface area (Å²) in [5.41, 5.74) is 0. The van der Waals surface area contributed by atoms with Crippen LogP contribution >= 0.6 is 0 Å². The van der Waals surface area contributed by atoms with Crippen LogP contribution in [0.25, 0.3) is 0 Å². The molecular formula is C63H100O5. The molecule has 0 radical (unpaired) electrons. The van der Waals surface area contributed by atoms with Crippen molar-refractivity contribution in [1.82, 2.24) is 0 Å². The van der Waals surface area contributed by atoms with E-state index in [4.69, 9.17) is 14.2 Å². The van der Waals surface area contributed by atoms with Crippen molar-refractivity contribution < 1.29 is 23.8 Å². The maximum absolute atomic E-state index is 12.8. The topological polar surface area (TPSA) is 61.8 Å². The number of allylic oxidation sites excluding steroid dienone is 23. The molecule has 0 rings (SSSR count). The van der Waals surface area contributed by atoms with E-state index in [9.17, 15) is 9.59 Å². The molecule has 0 aromatic carbocycles. The van der Waals surface area contributed by atoms with Gasteiger partial charge in [-0.1, -0.05) is 231 Å². The molecule has 0 aliphatic rings. The molecule has 0 aliphatic carbocycles. The predicted octanol–water partition coefficient (Wildman–Crippen LogP) is 18.9. The molecule has 0 aliphatic heterocycles. The Bertz CT molecular complexity index is 1480. The molecule has 0 N–H and O–H groups in total. The molecule has 1 unspecified atom stereocenters. The molecule has 5 nitrogen and oxygen atoms in total. The second-order valence-corrected chi connectivity index (χ2v) is 17.4. The second-order valence-electron chi connectivity index (χ2n) is 17.4. The summed E-state index contributed by atoms with van der Waals surface area (Å²) in [6.07, 6.45) is 83.2. The smallest absolute Gasteiger partial charge is 0.310 e. The summed E-state index contributed by atoms with van der Waals surface area (Å²) in [6, 6.07) is 0. The Labute approximate surface area is 419 Å². The molecule has 0 aromatic heterocycles. The molecule has 1 atom stereocenters. The maximum atomic E-state index is 12.8.